The fourth-order valence-corrected chi connectivity index (χ4v) is 3.25. The highest BCUT2D eigenvalue weighted by molar-refractivity contribution is 9.10. The van der Waals surface area contributed by atoms with Gasteiger partial charge in [-0.05, 0) is 53.5 Å². The van der Waals surface area contributed by atoms with Gasteiger partial charge in [0.25, 0.3) is 0 Å². The Morgan fingerprint density at radius 1 is 1.19 bits per heavy atom. The van der Waals surface area contributed by atoms with Gasteiger partial charge in [0.2, 0.25) is 0 Å². The van der Waals surface area contributed by atoms with Crippen LogP contribution < -0.4 is 0 Å². The van der Waals surface area contributed by atoms with E-state index in [9.17, 15) is 0 Å². The highest BCUT2D eigenvalue weighted by Crippen LogP contribution is 2.35. The normalized spacial score (nSPS) is 12.8. The summed E-state index contributed by atoms with van der Waals surface area (Å²) in [5, 5.41) is 0.457. The fraction of sp³-hybridized carbons (Fsp3) is 0.188. The van der Waals surface area contributed by atoms with E-state index in [1.165, 1.54) is 0 Å². The van der Waals surface area contributed by atoms with Gasteiger partial charge in [-0.15, -0.1) is 11.6 Å². The van der Waals surface area contributed by atoms with Gasteiger partial charge in [0, 0.05) is 0 Å². The van der Waals surface area contributed by atoms with Crippen molar-refractivity contribution in [1.29, 1.82) is 0 Å². The number of hydrogen-bond acceptors (Lipinski definition) is 1. The number of para-hydroxylation sites is 1. The Morgan fingerprint density at radius 2 is 1.90 bits per heavy atom. The van der Waals surface area contributed by atoms with E-state index in [-0.39, 0.29) is 5.38 Å². The largest absolute Gasteiger partial charge is 0.294 e. The first-order chi connectivity index (χ1) is 10.0. The lowest BCUT2D eigenvalue weighted by Gasteiger charge is -2.14. The van der Waals surface area contributed by atoms with E-state index in [1.807, 2.05) is 37.3 Å². The molecule has 3 aromatic rings. The molecule has 1 aromatic heterocycles. The Hall–Kier alpha value is -1.03. The third kappa shape index (κ3) is 2.48. The SMILES string of the molecule is Cc1cccc2nc(C(C)Cl)n(-c3cccc(Cl)c3Br)c12. The number of fused-ring (bicyclic) bond motifs is 1. The molecular weight excluding hydrogens is 371 g/mol. The molecule has 5 heteroatoms. The fourth-order valence-electron chi connectivity index (χ4n) is 2.49. The molecule has 0 aliphatic heterocycles. The standard InChI is InChI=1S/C16H13BrCl2N2/c1-9-5-3-7-12-15(9)21(16(20-12)10(2)18)13-8-4-6-11(19)14(13)17/h3-8,10H,1-2H3. The van der Waals surface area contributed by atoms with Crippen LogP contribution in [-0.4, -0.2) is 9.55 Å². The number of alkyl halides is 1. The van der Waals surface area contributed by atoms with Gasteiger partial charge in [-0.1, -0.05) is 29.8 Å². The van der Waals surface area contributed by atoms with Crippen LogP contribution >= 0.6 is 39.1 Å². The summed E-state index contributed by atoms with van der Waals surface area (Å²) in [4.78, 5) is 4.69. The van der Waals surface area contributed by atoms with Gasteiger partial charge in [-0.25, -0.2) is 4.98 Å². The smallest absolute Gasteiger partial charge is 0.132 e. The summed E-state index contributed by atoms with van der Waals surface area (Å²) in [7, 11) is 0. The first-order valence-corrected chi connectivity index (χ1v) is 8.18. The van der Waals surface area contributed by atoms with E-state index < -0.39 is 0 Å². The van der Waals surface area contributed by atoms with Crippen molar-refractivity contribution in [2.24, 2.45) is 0 Å². The van der Waals surface area contributed by atoms with Crippen LogP contribution in [0.1, 0.15) is 23.7 Å². The van der Waals surface area contributed by atoms with Crippen LogP contribution in [0, 0.1) is 6.92 Å². The molecule has 0 radical (unpaired) electrons. The summed E-state index contributed by atoms with van der Waals surface area (Å²) in [5.41, 5.74) is 4.09. The zero-order chi connectivity index (χ0) is 15.1. The summed E-state index contributed by atoms with van der Waals surface area (Å²) >= 11 is 16.2. The molecule has 0 amide bonds. The monoisotopic (exact) mass is 382 g/mol. The highest BCUT2D eigenvalue weighted by Gasteiger charge is 2.19. The maximum Gasteiger partial charge on any atom is 0.132 e. The quantitative estimate of drug-likeness (QED) is 0.492. The molecule has 0 aliphatic rings. The number of halogens is 3. The van der Waals surface area contributed by atoms with Crippen LogP contribution in [0.5, 0.6) is 0 Å². The molecule has 0 bridgehead atoms. The molecular formula is C16H13BrCl2N2. The number of aryl methyl sites for hydroxylation is 1. The number of rotatable bonds is 2. The van der Waals surface area contributed by atoms with Crippen molar-refractivity contribution in [2.75, 3.05) is 0 Å². The van der Waals surface area contributed by atoms with Gasteiger partial charge in [0.15, 0.2) is 0 Å². The van der Waals surface area contributed by atoms with Crippen LogP contribution in [0.2, 0.25) is 5.02 Å². The molecule has 1 heterocycles. The van der Waals surface area contributed by atoms with Crippen molar-refractivity contribution in [2.45, 2.75) is 19.2 Å². The maximum atomic E-state index is 6.34. The van der Waals surface area contributed by atoms with Crippen LogP contribution in [0.15, 0.2) is 40.9 Å². The Morgan fingerprint density at radius 3 is 2.62 bits per heavy atom. The first-order valence-electron chi connectivity index (χ1n) is 6.57. The summed E-state index contributed by atoms with van der Waals surface area (Å²) in [6.45, 7) is 3.99. The van der Waals surface area contributed by atoms with Crippen LogP contribution in [0.4, 0.5) is 0 Å². The van der Waals surface area contributed by atoms with E-state index >= 15 is 0 Å². The predicted octanol–water partition coefficient (Wildman–Crippen LogP) is 6.05. The van der Waals surface area contributed by atoms with Gasteiger partial charge in [0.1, 0.15) is 5.82 Å². The minimum atomic E-state index is -0.206. The number of hydrogen-bond donors (Lipinski definition) is 0. The van der Waals surface area contributed by atoms with Crippen molar-refractivity contribution in [3.05, 3.63) is 57.3 Å². The van der Waals surface area contributed by atoms with E-state index in [0.717, 1.165) is 32.6 Å². The highest BCUT2D eigenvalue weighted by atomic mass is 79.9. The van der Waals surface area contributed by atoms with E-state index in [1.54, 1.807) is 0 Å². The molecule has 108 valence electrons. The Balaban J connectivity index is 2.45. The lowest BCUT2D eigenvalue weighted by atomic mass is 10.2. The van der Waals surface area contributed by atoms with E-state index in [0.29, 0.717) is 5.02 Å². The van der Waals surface area contributed by atoms with Crippen LogP contribution in [-0.2, 0) is 0 Å². The van der Waals surface area contributed by atoms with Crippen molar-refractivity contribution in [1.82, 2.24) is 9.55 Å². The average molecular weight is 384 g/mol. The van der Waals surface area contributed by atoms with Crippen LogP contribution in [0.25, 0.3) is 16.7 Å². The molecule has 0 spiro atoms. The topological polar surface area (TPSA) is 17.8 Å². The number of benzene rings is 2. The minimum absolute atomic E-state index is 0.206. The molecule has 0 fully saturated rings. The molecule has 3 rings (SSSR count). The number of nitrogens with zero attached hydrogens (tertiary/aromatic N) is 2. The van der Waals surface area contributed by atoms with Crippen molar-refractivity contribution < 1.29 is 0 Å². The summed E-state index contributed by atoms with van der Waals surface area (Å²) in [6, 6.07) is 11.9. The van der Waals surface area contributed by atoms with Crippen molar-refractivity contribution in [3.8, 4) is 5.69 Å². The molecule has 0 saturated heterocycles. The lowest BCUT2D eigenvalue weighted by Crippen LogP contribution is -2.03. The molecule has 2 aromatic carbocycles. The zero-order valence-electron chi connectivity index (χ0n) is 11.6. The predicted molar refractivity (Wildman–Crippen MR) is 92.8 cm³/mol. The molecule has 0 saturated carbocycles. The summed E-state index contributed by atoms with van der Waals surface area (Å²) < 4.78 is 2.92. The van der Waals surface area contributed by atoms with Gasteiger partial charge in [-0.3, -0.25) is 4.57 Å². The Bertz CT molecular complexity index is 825. The Kier molecular flexibility index (Phi) is 4.00. The third-order valence-corrected chi connectivity index (χ3v) is 5.00. The van der Waals surface area contributed by atoms with Crippen molar-refractivity contribution >= 4 is 50.2 Å². The minimum Gasteiger partial charge on any atom is -0.294 e. The molecule has 1 atom stereocenters. The average Bonchev–Trinajstić information content (AvgIpc) is 2.83. The number of imidazole rings is 1. The first kappa shape index (κ1) is 14.9. The van der Waals surface area contributed by atoms with Crippen molar-refractivity contribution in [3.63, 3.8) is 0 Å². The van der Waals surface area contributed by atoms with Gasteiger partial charge in [0.05, 0.1) is 31.6 Å². The second kappa shape index (κ2) is 5.64. The second-order valence-electron chi connectivity index (χ2n) is 4.94. The zero-order valence-corrected chi connectivity index (χ0v) is 14.7. The molecule has 0 N–H and O–H groups in total. The molecule has 21 heavy (non-hydrogen) atoms. The number of aromatic nitrogens is 2. The maximum absolute atomic E-state index is 6.34. The van der Waals surface area contributed by atoms with Crippen LogP contribution in [0.3, 0.4) is 0 Å². The third-order valence-electron chi connectivity index (χ3n) is 3.43. The molecule has 2 nitrogen and oxygen atoms in total. The Labute approximate surface area is 141 Å². The van der Waals surface area contributed by atoms with Gasteiger partial charge < -0.3 is 0 Å². The second-order valence-corrected chi connectivity index (χ2v) is 6.79. The van der Waals surface area contributed by atoms with Gasteiger partial charge >= 0.3 is 0 Å². The van der Waals surface area contributed by atoms with E-state index in [2.05, 4.69) is 38.5 Å². The molecule has 0 aliphatic carbocycles. The summed E-state index contributed by atoms with van der Waals surface area (Å²) in [6.07, 6.45) is 0. The summed E-state index contributed by atoms with van der Waals surface area (Å²) in [5.74, 6) is 0.809. The van der Waals surface area contributed by atoms with Gasteiger partial charge in [-0.2, -0.15) is 0 Å². The van der Waals surface area contributed by atoms with E-state index in [4.69, 9.17) is 23.2 Å². The lowest BCUT2D eigenvalue weighted by molar-refractivity contribution is 0.879. The molecule has 1 unspecified atom stereocenters.